The van der Waals surface area contributed by atoms with E-state index in [0.717, 1.165) is 6.08 Å². The highest BCUT2D eigenvalue weighted by Crippen LogP contribution is 2.27. The van der Waals surface area contributed by atoms with Gasteiger partial charge >= 0.3 is 5.97 Å². The van der Waals surface area contributed by atoms with Crippen molar-refractivity contribution >= 4 is 5.97 Å². The third kappa shape index (κ3) is 3.02. The first kappa shape index (κ1) is 11.1. The van der Waals surface area contributed by atoms with Gasteiger partial charge in [0, 0.05) is 24.3 Å². The standard InChI is InChI=1S/C11H12O4/c1-4-11(12)15-10-6-8(13-2)5-9(7-10)14-3/h4-7H,1H2,2-3H3. The molecule has 1 aromatic carbocycles. The molecule has 0 aromatic heterocycles. The molecule has 0 unspecified atom stereocenters. The van der Waals surface area contributed by atoms with Gasteiger partial charge in [-0.1, -0.05) is 6.58 Å². The minimum atomic E-state index is -0.523. The van der Waals surface area contributed by atoms with Gasteiger partial charge in [-0.2, -0.15) is 0 Å². The Labute approximate surface area is 88.1 Å². The van der Waals surface area contributed by atoms with Gasteiger partial charge in [-0.05, 0) is 0 Å². The van der Waals surface area contributed by atoms with Crippen LogP contribution in [-0.4, -0.2) is 20.2 Å². The van der Waals surface area contributed by atoms with E-state index in [0.29, 0.717) is 17.2 Å². The molecule has 0 aliphatic rings. The van der Waals surface area contributed by atoms with Gasteiger partial charge in [0.15, 0.2) is 0 Å². The lowest BCUT2D eigenvalue weighted by Gasteiger charge is -2.07. The number of ether oxygens (including phenoxy) is 3. The summed E-state index contributed by atoms with van der Waals surface area (Å²) in [4.78, 5) is 11.0. The summed E-state index contributed by atoms with van der Waals surface area (Å²) in [5.74, 6) is 0.948. The molecule has 1 aromatic rings. The highest BCUT2D eigenvalue weighted by atomic mass is 16.5. The first-order valence-electron chi connectivity index (χ1n) is 4.27. The molecule has 0 saturated heterocycles. The second-order valence-electron chi connectivity index (χ2n) is 2.67. The summed E-state index contributed by atoms with van der Waals surface area (Å²) in [6.07, 6.45) is 1.09. The summed E-state index contributed by atoms with van der Waals surface area (Å²) >= 11 is 0. The zero-order chi connectivity index (χ0) is 11.3. The monoisotopic (exact) mass is 208 g/mol. The minimum Gasteiger partial charge on any atom is -0.496 e. The average molecular weight is 208 g/mol. The van der Waals surface area contributed by atoms with Gasteiger partial charge in [0.05, 0.1) is 14.2 Å². The molecule has 0 fully saturated rings. The Morgan fingerprint density at radius 2 is 1.60 bits per heavy atom. The molecule has 0 aliphatic carbocycles. The van der Waals surface area contributed by atoms with E-state index >= 15 is 0 Å². The van der Waals surface area contributed by atoms with E-state index in [-0.39, 0.29) is 0 Å². The molecule has 0 saturated carbocycles. The van der Waals surface area contributed by atoms with Gasteiger partial charge in [0.1, 0.15) is 17.2 Å². The van der Waals surface area contributed by atoms with E-state index in [1.54, 1.807) is 18.2 Å². The molecule has 15 heavy (non-hydrogen) atoms. The van der Waals surface area contributed by atoms with Crippen molar-refractivity contribution in [2.75, 3.05) is 14.2 Å². The third-order valence-corrected chi connectivity index (χ3v) is 1.71. The summed E-state index contributed by atoms with van der Waals surface area (Å²) in [5.41, 5.74) is 0. The van der Waals surface area contributed by atoms with Crippen molar-refractivity contribution in [1.29, 1.82) is 0 Å². The molecule has 0 heterocycles. The topological polar surface area (TPSA) is 44.8 Å². The maximum absolute atomic E-state index is 11.0. The smallest absolute Gasteiger partial charge is 0.335 e. The Balaban J connectivity index is 2.96. The number of hydrogen-bond donors (Lipinski definition) is 0. The first-order valence-corrected chi connectivity index (χ1v) is 4.27. The molecule has 4 heteroatoms. The van der Waals surface area contributed by atoms with Crippen molar-refractivity contribution in [2.24, 2.45) is 0 Å². The lowest BCUT2D eigenvalue weighted by Crippen LogP contribution is -2.03. The molecule has 80 valence electrons. The van der Waals surface area contributed by atoms with Crippen LogP contribution in [0, 0.1) is 0 Å². The summed E-state index contributed by atoms with van der Waals surface area (Å²) in [7, 11) is 3.04. The van der Waals surface area contributed by atoms with Crippen molar-refractivity contribution in [1.82, 2.24) is 0 Å². The van der Waals surface area contributed by atoms with E-state index in [1.807, 2.05) is 0 Å². The molecule has 0 aliphatic heterocycles. The third-order valence-electron chi connectivity index (χ3n) is 1.71. The maximum Gasteiger partial charge on any atom is 0.335 e. The fourth-order valence-corrected chi connectivity index (χ4v) is 0.998. The zero-order valence-corrected chi connectivity index (χ0v) is 8.65. The number of hydrogen-bond acceptors (Lipinski definition) is 4. The largest absolute Gasteiger partial charge is 0.496 e. The number of carbonyl (C=O) groups is 1. The van der Waals surface area contributed by atoms with Crippen LogP contribution in [0.2, 0.25) is 0 Å². The van der Waals surface area contributed by atoms with Crippen LogP contribution in [-0.2, 0) is 4.79 Å². The fourth-order valence-electron chi connectivity index (χ4n) is 0.998. The fraction of sp³-hybridized carbons (Fsp3) is 0.182. The van der Waals surface area contributed by atoms with E-state index in [4.69, 9.17) is 14.2 Å². The highest BCUT2D eigenvalue weighted by Gasteiger charge is 2.05. The first-order chi connectivity index (χ1) is 7.19. The van der Waals surface area contributed by atoms with E-state index in [1.165, 1.54) is 14.2 Å². The number of methoxy groups -OCH3 is 2. The van der Waals surface area contributed by atoms with Gasteiger partial charge in [-0.15, -0.1) is 0 Å². The van der Waals surface area contributed by atoms with Crippen LogP contribution in [0.5, 0.6) is 17.2 Å². The quantitative estimate of drug-likeness (QED) is 0.430. The van der Waals surface area contributed by atoms with Crippen LogP contribution in [0.3, 0.4) is 0 Å². The highest BCUT2D eigenvalue weighted by molar-refractivity contribution is 5.83. The predicted molar refractivity (Wildman–Crippen MR) is 55.4 cm³/mol. The Bertz CT molecular complexity index is 349. The second kappa shape index (κ2) is 5.05. The molecule has 4 nitrogen and oxygen atoms in total. The number of esters is 1. The van der Waals surface area contributed by atoms with Crippen molar-refractivity contribution in [3.63, 3.8) is 0 Å². The van der Waals surface area contributed by atoms with Crippen LogP contribution >= 0.6 is 0 Å². The molecule has 0 amide bonds. The van der Waals surface area contributed by atoms with Gasteiger partial charge in [-0.25, -0.2) is 4.79 Å². The summed E-state index contributed by atoms with van der Waals surface area (Å²) in [6.45, 7) is 3.30. The summed E-state index contributed by atoms with van der Waals surface area (Å²) < 4.78 is 15.0. The van der Waals surface area contributed by atoms with Gasteiger partial charge < -0.3 is 14.2 Å². The molecule has 0 spiro atoms. The van der Waals surface area contributed by atoms with Crippen molar-refractivity contribution in [3.05, 3.63) is 30.9 Å². The predicted octanol–water partition coefficient (Wildman–Crippen LogP) is 1.80. The number of benzene rings is 1. The van der Waals surface area contributed by atoms with Crippen LogP contribution < -0.4 is 14.2 Å². The molecule has 0 N–H and O–H groups in total. The normalized spacial score (nSPS) is 9.20. The maximum atomic E-state index is 11.0. The molecule has 0 atom stereocenters. The summed E-state index contributed by atoms with van der Waals surface area (Å²) in [6, 6.07) is 4.86. The second-order valence-corrected chi connectivity index (χ2v) is 2.67. The van der Waals surface area contributed by atoms with Crippen LogP contribution in [0.25, 0.3) is 0 Å². The Kier molecular flexibility index (Phi) is 3.74. The van der Waals surface area contributed by atoms with Crippen molar-refractivity contribution < 1.29 is 19.0 Å². The van der Waals surface area contributed by atoms with E-state index < -0.39 is 5.97 Å². The number of carbonyl (C=O) groups excluding carboxylic acids is 1. The van der Waals surface area contributed by atoms with Crippen LogP contribution in [0.1, 0.15) is 0 Å². The summed E-state index contributed by atoms with van der Waals surface area (Å²) in [5, 5.41) is 0. The molecule has 0 bridgehead atoms. The van der Waals surface area contributed by atoms with Crippen molar-refractivity contribution in [3.8, 4) is 17.2 Å². The van der Waals surface area contributed by atoms with Crippen molar-refractivity contribution in [2.45, 2.75) is 0 Å². The Hall–Kier alpha value is -1.97. The van der Waals surface area contributed by atoms with Crippen LogP contribution in [0.4, 0.5) is 0 Å². The lowest BCUT2D eigenvalue weighted by atomic mass is 10.3. The Morgan fingerprint density at radius 1 is 1.13 bits per heavy atom. The zero-order valence-electron chi connectivity index (χ0n) is 8.65. The minimum absolute atomic E-state index is 0.358. The van der Waals surface area contributed by atoms with E-state index in [2.05, 4.69) is 6.58 Å². The van der Waals surface area contributed by atoms with E-state index in [9.17, 15) is 4.79 Å². The Morgan fingerprint density at radius 3 is 2.00 bits per heavy atom. The molecular weight excluding hydrogens is 196 g/mol. The van der Waals surface area contributed by atoms with Crippen LogP contribution in [0.15, 0.2) is 30.9 Å². The van der Waals surface area contributed by atoms with Gasteiger partial charge in [-0.3, -0.25) is 0 Å². The molecular formula is C11H12O4. The molecule has 0 radical (unpaired) electrons. The lowest BCUT2D eigenvalue weighted by molar-refractivity contribution is -0.128. The molecule has 1 rings (SSSR count). The van der Waals surface area contributed by atoms with Gasteiger partial charge in [0.2, 0.25) is 0 Å². The SMILES string of the molecule is C=CC(=O)Oc1cc(OC)cc(OC)c1. The average Bonchev–Trinajstić information content (AvgIpc) is 2.28. The van der Waals surface area contributed by atoms with Gasteiger partial charge in [0.25, 0.3) is 0 Å². The number of rotatable bonds is 4.